The van der Waals surface area contributed by atoms with Crippen LogP contribution in [0.5, 0.6) is 0 Å². The fourth-order valence-electron chi connectivity index (χ4n) is 2.65. The molecule has 134 valence electrons. The zero-order chi connectivity index (χ0) is 18.7. The van der Waals surface area contributed by atoms with Gasteiger partial charge in [0.15, 0.2) is 6.10 Å². The molecule has 3 rings (SSSR count). The highest BCUT2D eigenvalue weighted by molar-refractivity contribution is 6.20. The second-order valence-corrected chi connectivity index (χ2v) is 6.49. The smallest absolute Gasteiger partial charge is 0.285 e. The number of carbonyl (C=O) groups is 3. The number of benzene rings is 2. The molecule has 6 nitrogen and oxygen atoms in total. The number of carbonyl (C=O) groups excluding carboxylic acids is 3. The zero-order valence-corrected chi connectivity index (χ0v) is 14.6. The van der Waals surface area contributed by atoms with Crippen LogP contribution in [0.25, 0.3) is 0 Å². The number of amides is 3. The number of imide groups is 1. The van der Waals surface area contributed by atoms with Gasteiger partial charge in [-0.25, -0.2) is 4.84 Å². The second kappa shape index (κ2) is 7.49. The number of fused-ring (bicyclic) bond motifs is 1. The topological polar surface area (TPSA) is 75.7 Å². The molecule has 1 aliphatic heterocycles. The lowest BCUT2D eigenvalue weighted by Crippen LogP contribution is -2.39. The van der Waals surface area contributed by atoms with Gasteiger partial charge >= 0.3 is 0 Å². The molecule has 0 bridgehead atoms. The molecular weight excluding hydrogens is 332 g/mol. The van der Waals surface area contributed by atoms with E-state index in [4.69, 9.17) is 4.84 Å². The number of hydroxylamine groups is 2. The third-order valence-corrected chi connectivity index (χ3v) is 3.99. The molecule has 0 aromatic heterocycles. The molecule has 2 aromatic carbocycles. The molecule has 0 unspecified atom stereocenters. The Morgan fingerprint density at radius 3 is 2.04 bits per heavy atom. The standard InChI is InChI=1S/C20H20N2O4/c1-13(2)12-21-18(23)17(14-8-4-3-5-9-14)26-22-19(24)15-10-6-7-11-16(15)20(22)25/h3-11,13,17H,12H2,1-2H3,(H,21,23)/t17-/m1/s1. The maximum atomic E-state index is 12.6. The minimum atomic E-state index is -1.10. The maximum absolute atomic E-state index is 12.6. The first-order valence-electron chi connectivity index (χ1n) is 8.46. The number of nitrogens with zero attached hydrogens (tertiary/aromatic N) is 1. The van der Waals surface area contributed by atoms with Crippen LogP contribution in [-0.2, 0) is 9.63 Å². The van der Waals surface area contributed by atoms with Crippen molar-refractivity contribution in [3.63, 3.8) is 0 Å². The average Bonchev–Trinajstić information content (AvgIpc) is 2.89. The summed E-state index contributed by atoms with van der Waals surface area (Å²) in [7, 11) is 0. The fraction of sp³-hybridized carbons (Fsp3) is 0.250. The van der Waals surface area contributed by atoms with Crippen LogP contribution in [0.1, 0.15) is 46.2 Å². The van der Waals surface area contributed by atoms with E-state index in [1.807, 2.05) is 19.9 Å². The van der Waals surface area contributed by atoms with Gasteiger partial charge in [-0.05, 0) is 23.6 Å². The van der Waals surface area contributed by atoms with Crippen LogP contribution in [0.2, 0.25) is 0 Å². The Kier molecular flexibility index (Phi) is 5.14. The normalized spacial score (nSPS) is 14.5. The highest BCUT2D eigenvalue weighted by Gasteiger charge is 2.39. The van der Waals surface area contributed by atoms with Gasteiger partial charge in [-0.2, -0.15) is 0 Å². The molecule has 1 N–H and O–H groups in total. The van der Waals surface area contributed by atoms with Gasteiger partial charge in [-0.3, -0.25) is 14.4 Å². The minimum absolute atomic E-state index is 0.259. The maximum Gasteiger partial charge on any atom is 0.285 e. The Bertz CT molecular complexity index is 798. The first-order chi connectivity index (χ1) is 12.5. The molecule has 6 heteroatoms. The van der Waals surface area contributed by atoms with Gasteiger partial charge < -0.3 is 5.32 Å². The summed E-state index contributed by atoms with van der Waals surface area (Å²) in [5, 5.41) is 3.47. The van der Waals surface area contributed by atoms with Gasteiger partial charge in [0.2, 0.25) is 0 Å². The Labute approximate surface area is 151 Å². The molecule has 1 aliphatic rings. The van der Waals surface area contributed by atoms with Crippen LogP contribution in [-0.4, -0.2) is 29.3 Å². The molecule has 0 spiro atoms. The van der Waals surface area contributed by atoms with Gasteiger partial charge in [-0.1, -0.05) is 56.3 Å². The summed E-state index contributed by atoms with van der Waals surface area (Å²) in [6.07, 6.45) is -1.10. The van der Waals surface area contributed by atoms with Crippen LogP contribution < -0.4 is 5.32 Å². The molecule has 0 aliphatic carbocycles. The van der Waals surface area contributed by atoms with Crippen LogP contribution >= 0.6 is 0 Å². The van der Waals surface area contributed by atoms with E-state index in [-0.39, 0.29) is 17.0 Å². The average molecular weight is 352 g/mol. The lowest BCUT2D eigenvalue weighted by Gasteiger charge is -2.22. The summed E-state index contributed by atoms with van der Waals surface area (Å²) in [6.45, 7) is 4.42. The molecular formula is C20H20N2O4. The van der Waals surface area contributed by atoms with Crippen molar-refractivity contribution in [1.29, 1.82) is 0 Å². The summed E-state index contributed by atoms with van der Waals surface area (Å²) in [5.41, 5.74) is 1.10. The molecule has 1 heterocycles. The minimum Gasteiger partial charge on any atom is -0.353 e. The van der Waals surface area contributed by atoms with E-state index in [1.54, 1.807) is 48.5 Å². The van der Waals surface area contributed by atoms with Gasteiger partial charge in [0.1, 0.15) is 0 Å². The number of hydrogen-bond donors (Lipinski definition) is 1. The van der Waals surface area contributed by atoms with Crippen molar-refractivity contribution in [3.8, 4) is 0 Å². The Hall–Kier alpha value is -2.99. The predicted octanol–water partition coefficient (Wildman–Crippen LogP) is 2.73. The van der Waals surface area contributed by atoms with Gasteiger partial charge in [0.05, 0.1) is 11.1 Å². The van der Waals surface area contributed by atoms with Crippen molar-refractivity contribution in [2.24, 2.45) is 5.92 Å². The van der Waals surface area contributed by atoms with E-state index in [2.05, 4.69) is 5.32 Å². The number of nitrogens with one attached hydrogen (secondary N) is 1. The Balaban J connectivity index is 1.86. The van der Waals surface area contributed by atoms with E-state index < -0.39 is 23.8 Å². The highest BCUT2D eigenvalue weighted by Crippen LogP contribution is 2.27. The van der Waals surface area contributed by atoms with Crippen LogP contribution in [0.15, 0.2) is 54.6 Å². The van der Waals surface area contributed by atoms with Gasteiger partial charge in [0, 0.05) is 6.54 Å². The summed E-state index contributed by atoms with van der Waals surface area (Å²) in [4.78, 5) is 43.3. The number of hydrogen-bond acceptors (Lipinski definition) is 4. The SMILES string of the molecule is CC(C)CNC(=O)[C@H](ON1C(=O)c2ccccc2C1=O)c1ccccc1. The summed E-state index contributed by atoms with van der Waals surface area (Å²) >= 11 is 0. The van der Waals surface area contributed by atoms with Crippen LogP contribution in [0, 0.1) is 5.92 Å². The van der Waals surface area contributed by atoms with Crippen LogP contribution in [0.4, 0.5) is 0 Å². The monoisotopic (exact) mass is 352 g/mol. The van der Waals surface area contributed by atoms with E-state index in [0.717, 1.165) is 0 Å². The van der Waals surface area contributed by atoms with Crippen molar-refractivity contribution >= 4 is 17.7 Å². The summed E-state index contributed by atoms with van der Waals surface area (Å²) in [5.74, 6) is -1.28. The van der Waals surface area contributed by atoms with Crippen molar-refractivity contribution in [1.82, 2.24) is 10.4 Å². The van der Waals surface area contributed by atoms with Gasteiger partial charge in [-0.15, -0.1) is 5.06 Å². The van der Waals surface area contributed by atoms with Crippen LogP contribution in [0.3, 0.4) is 0 Å². The van der Waals surface area contributed by atoms with E-state index in [0.29, 0.717) is 17.2 Å². The molecule has 26 heavy (non-hydrogen) atoms. The first-order valence-corrected chi connectivity index (χ1v) is 8.46. The Morgan fingerprint density at radius 1 is 0.962 bits per heavy atom. The van der Waals surface area contributed by atoms with Crippen molar-refractivity contribution in [2.45, 2.75) is 20.0 Å². The molecule has 3 amide bonds. The van der Waals surface area contributed by atoms with E-state index in [1.165, 1.54) is 0 Å². The largest absolute Gasteiger partial charge is 0.353 e. The molecule has 1 atom stereocenters. The van der Waals surface area contributed by atoms with E-state index >= 15 is 0 Å². The highest BCUT2D eigenvalue weighted by atomic mass is 16.7. The lowest BCUT2D eigenvalue weighted by molar-refractivity contribution is -0.161. The zero-order valence-electron chi connectivity index (χ0n) is 14.6. The first kappa shape index (κ1) is 17.8. The molecule has 0 saturated carbocycles. The third kappa shape index (κ3) is 3.50. The lowest BCUT2D eigenvalue weighted by atomic mass is 10.1. The summed E-state index contributed by atoms with van der Waals surface area (Å²) < 4.78 is 0. The number of rotatable bonds is 6. The fourth-order valence-corrected chi connectivity index (χ4v) is 2.65. The molecule has 0 radical (unpaired) electrons. The summed E-state index contributed by atoms with van der Waals surface area (Å²) in [6, 6.07) is 15.3. The van der Waals surface area contributed by atoms with Crippen molar-refractivity contribution < 1.29 is 19.2 Å². The Morgan fingerprint density at radius 2 is 1.50 bits per heavy atom. The quantitative estimate of drug-likeness (QED) is 0.811. The predicted molar refractivity (Wildman–Crippen MR) is 95.1 cm³/mol. The molecule has 2 aromatic rings. The molecule has 0 fully saturated rings. The van der Waals surface area contributed by atoms with Crippen molar-refractivity contribution in [3.05, 3.63) is 71.3 Å². The second-order valence-electron chi connectivity index (χ2n) is 6.49. The van der Waals surface area contributed by atoms with E-state index in [9.17, 15) is 14.4 Å². The van der Waals surface area contributed by atoms with Crippen molar-refractivity contribution in [2.75, 3.05) is 6.54 Å². The third-order valence-electron chi connectivity index (χ3n) is 3.99. The van der Waals surface area contributed by atoms with Gasteiger partial charge in [0.25, 0.3) is 17.7 Å². The molecule has 0 saturated heterocycles.